The van der Waals surface area contributed by atoms with Crippen LogP contribution in [-0.4, -0.2) is 18.0 Å². The van der Waals surface area contributed by atoms with E-state index < -0.39 is 0 Å². The maximum absolute atomic E-state index is 10.3. The monoisotopic (exact) mass is 438 g/mol. The molecule has 3 heteroatoms. The minimum Gasteiger partial charge on any atom is -0.299 e. The molecule has 0 radical (unpaired) electrons. The Morgan fingerprint density at radius 1 is 1.07 bits per heavy atom. The first-order valence-electron chi connectivity index (χ1n) is 10.6. The first-order valence-corrected chi connectivity index (χ1v) is 11.4. The lowest BCUT2D eigenvalue weighted by atomic mass is 9.61. The summed E-state index contributed by atoms with van der Waals surface area (Å²) in [5.74, 6) is 0.507. The van der Waals surface area contributed by atoms with Crippen molar-refractivity contribution in [2.24, 2.45) is 5.92 Å². The van der Waals surface area contributed by atoms with Crippen molar-refractivity contribution in [1.82, 2.24) is 4.90 Å². The van der Waals surface area contributed by atoms with Gasteiger partial charge >= 0.3 is 0 Å². The van der Waals surface area contributed by atoms with Crippen LogP contribution < -0.4 is 0 Å². The SMILES string of the molecule is CCCN(CCCC(C#N)(c1ccc(Br)cc1)C1CCC1)Cc1ccccc1. The topological polar surface area (TPSA) is 27.0 Å². The van der Waals surface area contributed by atoms with Crippen molar-refractivity contribution in [3.63, 3.8) is 0 Å². The van der Waals surface area contributed by atoms with Crippen molar-refractivity contribution < 1.29 is 0 Å². The Labute approximate surface area is 178 Å². The molecule has 0 amide bonds. The summed E-state index contributed by atoms with van der Waals surface area (Å²) >= 11 is 3.53. The molecule has 1 aliphatic rings. The van der Waals surface area contributed by atoms with E-state index in [0.29, 0.717) is 5.92 Å². The Bertz CT molecular complexity index is 761. The first-order chi connectivity index (χ1) is 13.7. The van der Waals surface area contributed by atoms with E-state index in [1.54, 1.807) is 0 Å². The summed E-state index contributed by atoms with van der Waals surface area (Å²) < 4.78 is 1.08. The molecular formula is C25H31BrN2. The summed E-state index contributed by atoms with van der Waals surface area (Å²) in [7, 11) is 0. The van der Waals surface area contributed by atoms with Gasteiger partial charge in [0.05, 0.1) is 11.5 Å². The Hall–Kier alpha value is -1.63. The van der Waals surface area contributed by atoms with Gasteiger partial charge < -0.3 is 0 Å². The van der Waals surface area contributed by atoms with Crippen LogP contribution in [0.1, 0.15) is 56.6 Å². The van der Waals surface area contributed by atoms with Gasteiger partial charge in [-0.1, -0.05) is 71.7 Å². The van der Waals surface area contributed by atoms with Crippen molar-refractivity contribution in [1.29, 1.82) is 5.26 Å². The number of rotatable bonds is 10. The van der Waals surface area contributed by atoms with Gasteiger partial charge in [-0.3, -0.25) is 4.90 Å². The van der Waals surface area contributed by atoms with E-state index in [9.17, 15) is 5.26 Å². The van der Waals surface area contributed by atoms with Gasteiger partial charge in [-0.05, 0) is 74.4 Å². The molecule has 0 bridgehead atoms. The molecule has 1 atom stereocenters. The molecule has 3 rings (SSSR count). The molecule has 1 fully saturated rings. The van der Waals surface area contributed by atoms with E-state index in [1.807, 2.05) is 0 Å². The molecule has 1 aliphatic carbocycles. The molecular weight excluding hydrogens is 408 g/mol. The molecule has 1 saturated carbocycles. The van der Waals surface area contributed by atoms with Crippen molar-refractivity contribution in [2.45, 2.75) is 57.4 Å². The number of halogens is 1. The highest BCUT2D eigenvalue weighted by molar-refractivity contribution is 9.10. The van der Waals surface area contributed by atoms with Crippen molar-refractivity contribution in [3.8, 4) is 6.07 Å². The maximum atomic E-state index is 10.3. The number of nitriles is 1. The summed E-state index contributed by atoms with van der Waals surface area (Å²) in [5, 5.41) is 10.3. The number of nitrogens with zero attached hydrogens (tertiary/aromatic N) is 2. The molecule has 0 spiro atoms. The lowest BCUT2D eigenvalue weighted by Crippen LogP contribution is -2.39. The van der Waals surface area contributed by atoms with E-state index in [2.05, 4.69) is 88.4 Å². The fourth-order valence-electron chi connectivity index (χ4n) is 4.45. The van der Waals surface area contributed by atoms with Gasteiger partial charge in [-0.2, -0.15) is 5.26 Å². The highest BCUT2D eigenvalue weighted by Gasteiger charge is 2.43. The Morgan fingerprint density at radius 2 is 1.79 bits per heavy atom. The highest BCUT2D eigenvalue weighted by atomic mass is 79.9. The predicted molar refractivity (Wildman–Crippen MR) is 120 cm³/mol. The molecule has 148 valence electrons. The van der Waals surface area contributed by atoms with Gasteiger partial charge in [0.2, 0.25) is 0 Å². The van der Waals surface area contributed by atoms with Crippen LogP contribution in [0.2, 0.25) is 0 Å². The third-order valence-electron chi connectivity index (χ3n) is 6.20. The fourth-order valence-corrected chi connectivity index (χ4v) is 4.72. The van der Waals surface area contributed by atoms with Crippen LogP contribution in [0, 0.1) is 17.2 Å². The zero-order valence-corrected chi connectivity index (χ0v) is 18.5. The Morgan fingerprint density at radius 3 is 2.36 bits per heavy atom. The standard InChI is InChI=1S/C25H31BrN2/c1-2-17-28(19-21-8-4-3-5-9-21)18-7-16-25(20-27,22-10-6-11-22)23-12-14-24(26)15-13-23/h3-5,8-9,12-15,22H,2,6-7,10-11,16-19H2,1H3. The van der Waals surface area contributed by atoms with E-state index in [1.165, 1.54) is 30.4 Å². The molecule has 0 aromatic heterocycles. The molecule has 2 nitrogen and oxygen atoms in total. The summed E-state index contributed by atoms with van der Waals surface area (Å²) in [6, 6.07) is 22.0. The minimum absolute atomic E-state index is 0.330. The van der Waals surface area contributed by atoms with Crippen LogP contribution in [0.3, 0.4) is 0 Å². The zero-order chi connectivity index (χ0) is 19.8. The second-order valence-corrected chi connectivity index (χ2v) is 9.00. The van der Waals surface area contributed by atoms with Gasteiger partial charge in [0.1, 0.15) is 0 Å². The lowest BCUT2D eigenvalue weighted by molar-refractivity contribution is 0.182. The van der Waals surface area contributed by atoms with Crippen LogP contribution in [0.15, 0.2) is 59.1 Å². The molecule has 2 aromatic carbocycles. The summed E-state index contributed by atoms with van der Waals surface area (Å²) in [5.41, 5.74) is 2.24. The second kappa shape index (κ2) is 10.2. The van der Waals surface area contributed by atoms with Crippen molar-refractivity contribution >= 4 is 15.9 Å². The van der Waals surface area contributed by atoms with E-state index in [0.717, 1.165) is 43.4 Å². The van der Waals surface area contributed by atoms with Crippen LogP contribution >= 0.6 is 15.9 Å². The average Bonchev–Trinajstić information content (AvgIpc) is 2.67. The molecule has 0 N–H and O–H groups in total. The van der Waals surface area contributed by atoms with Crippen molar-refractivity contribution in [2.75, 3.05) is 13.1 Å². The van der Waals surface area contributed by atoms with Gasteiger partial charge in [-0.15, -0.1) is 0 Å². The molecule has 0 heterocycles. The quantitative estimate of drug-likeness (QED) is 0.412. The molecule has 0 aliphatic heterocycles. The molecule has 1 unspecified atom stereocenters. The molecule has 28 heavy (non-hydrogen) atoms. The minimum atomic E-state index is -0.330. The van der Waals surface area contributed by atoms with Gasteiger partial charge in [0.25, 0.3) is 0 Å². The van der Waals surface area contributed by atoms with Gasteiger partial charge in [0.15, 0.2) is 0 Å². The largest absolute Gasteiger partial charge is 0.299 e. The second-order valence-electron chi connectivity index (χ2n) is 8.08. The number of hydrogen-bond donors (Lipinski definition) is 0. The Balaban J connectivity index is 1.68. The van der Waals surface area contributed by atoms with Gasteiger partial charge in [-0.25, -0.2) is 0 Å². The highest BCUT2D eigenvalue weighted by Crippen LogP contribution is 2.47. The third kappa shape index (κ3) is 5.04. The molecule has 2 aromatic rings. The third-order valence-corrected chi connectivity index (χ3v) is 6.72. The van der Waals surface area contributed by atoms with Crippen LogP contribution in [0.5, 0.6) is 0 Å². The van der Waals surface area contributed by atoms with Crippen molar-refractivity contribution in [3.05, 3.63) is 70.2 Å². The zero-order valence-electron chi connectivity index (χ0n) is 16.9. The van der Waals surface area contributed by atoms with Crippen LogP contribution in [-0.2, 0) is 12.0 Å². The summed E-state index contributed by atoms with van der Waals surface area (Å²) in [6.45, 7) is 5.40. The van der Waals surface area contributed by atoms with Crippen LogP contribution in [0.4, 0.5) is 0 Å². The first kappa shape index (κ1) is 21.1. The Kier molecular flexibility index (Phi) is 7.71. The fraction of sp³-hybridized carbons (Fsp3) is 0.480. The normalized spacial score (nSPS) is 16.4. The summed E-state index contributed by atoms with van der Waals surface area (Å²) in [4.78, 5) is 2.54. The lowest BCUT2D eigenvalue weighted by Gasteiger charge is -2.41. The van der Waals surface area contributed by atoms with E-state index in [-0.39, 0.29) is 5.41 Å². The van der Waals surface area contributed by atoms with E-state index in [4.69, 9.17) is 0 Å². The smallest absolute Gasteiger partial charge is 0.0850 e. The predicted octanol–water partition coefficient (Wildman–Crippen LogP) is 6.70. The number of hydrogen-bond acceptors (Lipinski definition) is 2. The molecule has 0 saturated heterocycles. The average molecular weight is 439 g/mol. The van der Waals surface area contributed by atoms with Crippen LogP contribution in [0.25, 0.3) is 0 Å². The summed E-state index contributed by atoms with van der Waals surface area (Å²) in [6.07, 6.45) is 6.81. The maximum Gasteiger partial charge on any atom is 0.0850 e. The number of benzene rings is 2. The van der Waals surface area contributed by atoms with E-state index >= 15 is 0 Å². The van der Waals surface area contributed by atoms with Gasteiger partial charge in [0, 0.05) is 11.0 Å².